The van der Waals surface area contributed by atoms with Crippen molar-refractivity contribution in [2.45, 2.75) is 47.5 Å². The normalized spacial score (nSPS) is 11.0. The summed E-state index contributed by atoms with van der Waals surface area (Å²) < 4.78 is 4.92. The number of carbonyl (C=O) groups is 2. The van der Waals surface area contributed by atoms with E-state index in [0.29, 0.717) is 19.7 Å². The fourth-order valence-corrected chi connectivity index (χ4v) is 2.18. The summed E-state index contributed by atoms with van der Waals surface area (Å²) in [6.45, 7) is 14.4. The standard InChI is InChI=1S/C16H32N2O3/c1-6-17(7-2)11-9-12-18(16(20)14(4)5)13-10-15(19)21-8-3/h14H,6-13H2,1-5H3. The molecule has 124 valence electrons. The van der Waals surface area contributed by atoms with Crippen molar-refractivity contribution >= 4 is 11.9 Å². The summed E-state index contributed by atoms with van der Waals surface area (Å²) in [6, 6.07) is 0. The van der Waals surface area contributed by atoms with Crippen molar-refractivity contribution < 1.29 is 14.3 Å². The summed E-state index contributed by atoms with van der Waals surface area (Å²) in [6.07, 6.45) is 1.21. The van der Waals surface area contributed by atoms with E-state index in [0.717, 1.165) is 26.1 Å². The Balaban J connectivity index is 4.33. The minimum atomic E-state index is -0.234. The number of carbonyl (C=O) groups excluding carboxylic acids is 2. The van der Waals surface area contributed by atoms with Gasteiger partial charge in [-0.3, -0.25) is 9.59 Å². The Morgan fingerprint density at radius 3 is 2.10 bits per heavy atom. The zero-order chi connectivity index (χ0) is 16.3. The maximum absolute atomic E-state index is 12.2. The molecule has 0 aromatic rings. The highest BCUT2D eigenvalue weighted by molar-refractivity contribution is 5.79. The lowest BCUT2D eigenvalue weighted by Crippen LogP contribution is -2.38. The minimum Gasteiger partial charge on any atom is -0.466 e. The molecule has 0 N–H and O–H groups in total. The van der Waals surface area contributed by atoms with Gasteiger partial charge in [0.15, 0.2) is 0 Å². The van der Waals surface area contributed by atoms with E-state index in [1.54, 1.807) is 11.8 Å². The molecule has 0 spiro atoms. The van der Waals surface area contributed by atoms with Gasteiger partial charge in [0.1, 0.15) is 0 Å². The second kappa shape index (κ2) is 11.5. The summed E-state index contributed by atoms with van der Waals surface area (Å²) in [5.41, 5.74) is 0. The fraction of sp³-hybridized carbons (Fsp3) is 0.875. The first-order valence-electron chi connectivity index (χ1n) is 8.12. The van der Waals surface area contributed by atoms with Gasteiger partial charge in [0.2, 0.25) is 5.91 Å². The monoisotopic (exact) mass is 300 g/mol. The first-order chi connectivity index (χ1) is 9.96. The molecular weight excluding hydrogens is 268 g/mol. The molecule has 0 saturated carbocycles. The second-order valence-corrected chi connectivity index (χ2v) is 5.42. The number of nitrogens with zero attached hydrogens (tertiary/aromatic N) is 2. The Morgan fingerprint density at radius 2 is 1.62 bits per heavy atom. The summed E-state index contributed by atoms with van der Waals surface area (Å²) in [7, 11) is 0. The van der Waals surface area contributed by atoms with Gasteiger partial charge in [0, 0.05) is 19.0 Å². The van der Waals surface area contributed by atoms with Crippen molar-refractivity contribution in [3.8, 4) is 0 Å². The van der Waals surface area contributed by atoms with Crippen LogP contribution in [0.3, 0.4) is 0 Å². The van der Waals surface area contributed by atoms with Gasteiger partial charge in [-0.15, -0.1) is 0 Å². The third-order valence-corrected chi connectivity index (χ3v) is 3.49. The van der Waals surface area contributed by atoms with Gasteiger partial charge in [0.25, 0.3) is 0 Å². The molecule has 5 nitrogen and oxygen atoms in total. The number of rotatable bonds is 11. The van der Waals surface area contributed by atoms with Crippen LogP contribution >= 0.6 is 0 Å². The average molecular weight is 300 g/mol. The Hall–Kier alpha value is -1.10. The van der Waals surface area contributed by atoms with E-state index < -0.39 is 0 Å². The van der Waals surface area contributed by atoms with Gasteiger partial charge in [-0.05, 0) is 33.0 Å². The molecule has 1 amide bonds. The summed E-state index contributed by atoms with van der Waals surface area (Å²) in [4.78, 5) is 27.8. The molecule has 0 aliphatic rings. The molecule has 0 aromatic heterocycles. The van der Waals surface area contributed by atoms with Gasteiger partial charge in [0.05, 0.1) is 13.0 Å². The van der Waals surface area contributed by atoms with Gasteiger partial charge in [-0.2, -0.15) is 0 Å². The second-order valence-electron chi connectivity index (χ2n) is 5.42. The quantitative estimate of drug-likeness (QED) is 0.549. The predicted molar refractivity (Wildman–Crippen MR) is 85.1 cm³/mol. The van der Waals surface area contributed by atoms with E-state index in [9.17, 15) is 9.59 Å². The Bertz CT molecular complexity index is 302. The third-order valence-electron chi connectivity index (χ3n) is 3.49. The van der Waals surface area contributed by atoms with Crippen LogP contribution in [0, 0.1) is 5.92 Å². The molecule has 0 unspecified atom stereocenters. The van der Waals surface area contributed by atoms with Crippen LogP contribution in [0.15, 0.2) is 0 Å². The van der Waals surface area contributed by atoms with E-state index in [-0.39, 0.29) is 24.2 Å². The molecule has 0 rings (SSSR count). The van der Waals surface area contributed by atoms with Gasteiger partial charge in [-0.1, -0.05) is 27.7 Å². The molecule has 0 bridgehead atoms. The van der Waals surface area contributed by atoms with Crippen molar-refractivity contribution in [3.63, 3.8) is 0 Å². The number of ether oxygens (including phenoxy) is 1. The van der Waals surface area contributed by atoms with Crippen LogP contribution in [0.25, 0.3) is 0 Å². The fourth-order valence-electron chi connectivity index (χ4n) is 2.18. The Kier molecular flexibility index (Phi) is 10.9. The number of hydrogen-bond donors (Lipinski definition) is 0. The Morgan fingerprint density at radius 1 is 1.00 bits per heavy atom. The minimum absolute atomic E-state index is 0.0411. The first kappa shape index (κ1) is 19.9. The number of amides is 1. The van der Waals surface area contributed by atoms with Crippen molar-refractivity contribution in [2.24, 2.45) is 5.92 Å². The largest absolute Gasteiger partial charge is 0.466 e. The maximum atomic E-state index is 12.2. The maximum Gasteiger partial charge on any atom is 0.307 e. The molecule has 0 saturated heterocycles. The highest BCUT2D eigenvalue weighted by atomic mass is 16.5. The molecule has 0 aliphatic heterocycles. The van der Waals surface area contributed by atoms with Gasteiger partial charge in [-0.25, -0.2) is 0 Å². The van der Waals surface area contributed by atoms with Gasteiger partial charge >= 0.3 is 5.97 Å². The SMILES string of the molecule is CCOC(=O)CCN(CCCN(CC)CC)C(=O)C(C)C. The van der Waals surface area contributed by atoms with Crippen LogP contribution in [0.2, 0.25) is 0 Å². The number of esters is 1. The summed E-state index contributed by atoms with van der Waals surface area (Å²) in [5, 5.41) is 0. The summed E-state index contributed by atoms with van der Waals surface area (Å²) in [5.74, 6) is -0.165. The van der Waals surface area contributed by atoms with Crippen molar-refractivity contribution in [3.05, 3.63) is 0 Å². The van der Waals surface area contributed by atoms with E-state index in [1.165, 1.54) is 0 Å². The number of hydrogen-bond acceptors (Lipinski definition) is 4. The Labute approximate surface area is 129 Å². The van der Waals surface area contributed by atoms with E-state index in [1.807, 2.05) is 13.8 Å². The molecule has 0 radical (unpaired) electrons. The average Bonchev–Trinajstić information content (AvgIpc) is 2.46. The van der Waals surface area contributed by atoms with E-state index in [4.69, 9.17) is 4.74 Å². The third kappa shape index (κ3) is 8.71. The van der Waals surface area contributed by atoms with Crippen LogP contribution in [0.4, 0.5) is 0 Å². The molecule has 0 heterocycles. The van der Waals surface area contributed by atoms with Crippen molar-refractivity contribution in [1.82, 2.24) is 9.80 Å². The van der Waals surface area contributed by atoms with Crippen LogP contribution < -0.4 is 0 Å². The highest BCUT2D eigenvalue weighted by Crippen LogP contribution is 2.05. The van der Waals surface area contributed by atoms with Crippen LogP contribution in [-0.4, -0.2) is 61.0 Å². The van der Waals surface area contributed by atoms with Crippen LogP contribution in [-0.2, 0) is 14.3 Å². The topological polar surface area (TPSA) is 49.9 Å². The molecule has 5 heteroatoms. The van der Waals surface area contributed by atoms with Crippen molar-refractivity contribution in [1.29, 1.82) is 0 Å². The molecular formula is C16H32N2O3. The van der Waals surface area contributed by atoms with E-state index in [2.05, 4.69) is 18.7 Å². The predicted octanol–water partition coefficient (Wildman–Crippen LogP) is 2.16. The molecule has 0 fully saturated rings. The molecule has 0 atom stereocenters. The molecule has 21 heavy (non-hydrogen) atoms. The lowest BCUT2D eigenvalue weighted by atomic mass is 10.1. The lowest BCUT2D eigenvalue weighted by molar-refractivity contribution is -0.144. The van der Waals surface area contributed by atoms with Crippen LogP contribution in [0.1, 0.15) is 47.5 Å². The summed E-state index contributed by atoms with van der Waals surface area (Å²) >= 11 is 0. The first-order valence-corrected chi connectivity index (χ1v) is 8.12. The zero-order valence-corrected chi connectivity index (χ0v) is 14.4. The molecule has 0 aliphatic carbocycles. The van der Waals surface area contributed by atoms with Crippen molar-refractivity contribution in [2.75, 3.05) is 39.3 Å². The zero-order valence-electron chi connectivity index (χ0n) is 14.4. The smallest absolute Gasteiger partial charge is 0.307 e. The van der Waals surface area contributed by atoms with Crippen LogP contribution in [0.5, 0.6) is 0 Å². The van der Waals surface area contributed by atoms with Gasteiger partial charge < -0.3 is 14.5 Å². The molecule has 0 aromatic carbocycles. The van der Waals surface area contributed by atoms with E-state index >= 15 is 0 Å². The lowest BCUT2D eigenvalue weighted by Gasteiger charge is -2.26. The highest BCUT2D eigenvalue weighted by Gasteiger charge is 2.18.